The Hall–Kier alpha value is -2.74. The van der Waals surface area contributed by atoms with E-state index < -0.39 is 0 Å². The predicted octanol–water partition coefficient (Wildman–Crippen LogP) is 4.34. The van der Waals surface area contributed by atoms with Gasteiger partial charge in [0.2, 0.25) is 5.91 Å². The number of nitrogens with zero attached hydrogens (tertiary/aromatic N) is 2. The molecule has 0 fully saturated rings. The van der Waals surface area contributed by atoms with E-state index in [1.807, 2.05) is 49.9 Å². The van der Waals surface area contributed by atoms with E-state index >= 15 is 0 Å². The Balaban J connectivity index is 1.75. The molecule has 1 aromatic carbocycles. The number of hydrogen-bond donors (Lipinski definition) is 1. The van der Waals surface area contributed by atoms with E-state index in [0.29, 0.717) is 32.0 Å². The largest absolute Gasteiger partial charge is 0.497 e. The molecule has 33 heavy (non-hydrogen) atoms. The number of amides is 3. The van der Waals surface area contributed by atoms with Gasteiger partial charge in [-0.2, -0.15) is 0 Å². The lowest BCUT2D eigenvalue weighted by molar-refractivity contribution is -0.135. The lowest BCUT2D eigenvalue weighted by atomic mass is 10.0. The van der Waals surface area contributed by atoms with Crippen molar-refractivity contribution >= 4 is 23.3 Å². The molecular weight excluding hydrogens is 438 g/mol. The van der Waals surface area contributed by atoms with Crippen LogP contribution in [0.4, 0.5) is 4.79 Å². The van der Waals surface area contributed by atoms with Crippen molar-refractivity contribution in [2.45, 2.75) is 39.7 Å². The molecule has 0 bridgehead atoms. The molecule has 180 valence electrons. The zero-order valence-electron chi connectivity index (χ0n) is 20.0. The number of thiophene rings is 1. The van der Waals surface area contributed by atoms with E-state index in [1.54, 1.807) is 23.3 Å². The van der Waals surface area contributed by atoms with Crippen LogP contribution in [-0.4, -0.2) is 61.6 Å². The van der Waals surface area contributed by atoms with Crippen molar-refractivity contribution in [2.24, 2.45) is 5.92 Å². The molecule has 1 atom stereocenters. The third-order valence-corrected chi connectivity index (χ3v) is 6.59. The third-order valence-electron chi connectivity index (χ3n) is 5.59. The van der Waals surface area contributed by atoms with Crippen LogP contribution >= 0.6 is 11.3 Å². The van der Waals surface area contributed by atoms with Crippen LogP contribution in [0.25, 0.3) is 0 Å². The highest BCUT2D eigenvalue weighted by atomic mass is 32.1. The van der Waals surface area contributed by atoms with Crippen molar-refractivity contribution in [3.63, 3.8) is 0 Å². The van der Waals surface area contributed by atoms with Gasteiger partial charge in [-0.05, 0) is 47.9 Å². The molecule has 1 aliphatic rings. The molecule has 0 saturated carbocycles. The van der Waals surface area contributed by atoms with Gasteiger partial charge in [-0.1, -0.05) is 26.8 Å². The summed E-state index contributed by atoms with van der Waals surface area (Å²) in [7, 11) is 1.62. The topological polar surface area (TPSA) is 71.1 Å². The van der Waals surface area contributed by atoms with Crippen molar-refractivity contribution in [3.8, 4) is 11.5 Å². The molecule has 0 unspecified atom stereocenters. The first-order valence-corrected chi connectivity index (χ1v) is 12.5. The minimum atomic E-state index is -0.196. The Morgan fingerprint density at radius 1 is 1.27 bits per heavy atom. The minimum Gasteiger partial charge on any atom is -0.497 e. The molecule has 7 nitrogen and oxygen atoms in total. The van der Waals surface area contributed by atoms with Gasteiger partial charge < -0.3 is 24.6 Å². The summed E-state index contributed by atoms with van der Waals surface area (Å²) < 4.78 is 11.4. The lowest BCUT2D eigenvalue weighted by Gasteiger charge is -2.37. The van der Waals surface area contributed by atoms with Gasteiger partial charge in [-0.3, -0.25) is 4.79 Å². The Morgan fingerprint density at radius 2 is 2.06 bits per heavy atom. The molecule has 1 aliphatic heterocycles. The summed E-state index contributed by atoms with van der Waals surface area (Å²) in [5.41, 5.74) is 1.13. The molecule has 0 saturated heterocycles. The fraction of sp³-hybridized carbons (Fsp3) is 0.520. The minimum absolute atomic E-state index is 0.0570. The van der Waals surface area contributed by atoms with Gasteiger partial charge in [-0.25, -0.2) is 4.79 Å². The fourth-order valence-corrected chi connectivity index (χ4v) is 4.93. The number of hydrogen-bond acceptors (Lipinski definition) is 5. The summed E-state index contributed by atoms with van der Waals surface area (Å²) in [6.45, 7) is 8.26. The van der Waals surface area contributed by atoms with E-state index in [4.69, 9.17) is 9.47 Å². The standard InChI is InChI=1S/C25H35N3O4S/c1-5-11-26-25(30)27(15-18(2)3)16-24(29)28-12-9-23-21(10-13-33-23)22(28)17-32-20-8-6-7-19(14-20)31-4/h6-8,10,13-14,18,22H,5,9,11-12,15-17H2,1-4H3,(H,26,30)/t22-/m0/s1. The first kappa shape index (κ1) is 24.9. The number of nitrogens with one attached hydrogen (secondary N) is 1. The molecule has 1 aromatic heterocycles. The number of fused-ring (bicyclic) bond motifs is 1. The molecule has 8 heteroatoms. The second-order valence-electron chi connectivity index (χ2n) is 8.65. The molecule has 0 radical (unpaired) electrons. The maximum Gasteiger partial charge on any atom is 0.317 e. The van der Waals surface area contributed by atoms with Crippen molar-refractivity contribution in [2.75, 3.05) is 39.9 Å². The normalized spacial score (nSPS) is 15.2. The predicted molar refractivity (Wildman–Crippen MR) is 131 cm³/mol. The van der Waals surface area contributed by atoms with Crippen LogP contribution < -0.4 is 14.8 Å². The van der Waals surface area contributed by atoms with E-state index in [2.05, 4.69) is 16.8 Å². The van der Waals surface area contributed by atoms with Crippen LogP contribution in [0.1, 0.15) is 43.7 Å². The molecular formula is C25H35N3O4S. The van der Waals surface area contributed by atoms with E-state index in [1.165, 1.54) is 4.88 Å². The monoisotopic (exact) mass is 473 g/mol. The summed E-state index contributed by atoms with van der Waals surface area (Å²) >= 11 is 1.72. The van der Waals surface area contributed by atoms with Crippen LogP contribution in [0, 0.1) is 5.92 Å². The quantitative estimate of drug-likeness (QED) is 0.557. The van der Waals surface area contributed by atoms with Crippen LogP contribution in [0.3, 0.4) is 0 Å². The van der Waals surface area contributed by atoms with Gasteiger partial charge in [0.1, 0.15) is 24.7 Å². The van der Waals surface area contributed by atoms with Crippen LogP contribution in [0.15, 0.2) is 35.7 Å². The van der Waals surface area contributed by atoms with E-state index in [0.717, 1.165) is 24.2 Å². The molecule has 1 N–H and O–H groups in total. The van der Waals surface area contributed by atoms with Gasteiger partial charge in [0.25, 0.3) is 0 Å². The molecule has 2 aromatic rings. The van der Waals surface area contributed by atoms with Crippen molar-refractivity contribution in [1.29, 1.82) is 0 Å². The average molecular weight is 474 g/mol. The Kier molecular flexibility index (Phi) is 9.00. The Bertz CT molecular complexity index is 930. The molecule has 3 amide bonds. The fourth-order valence-electron chi connectivity index (χ4n) is 4.00. The lowest BCUT2D eigenvalue weighted by Crippen LogP contribution is -2.50. The first-order chi connectivity index (χ1) is 15.9. The highest BCUT2D eigenvalue weighted by Gasteiger charge is 2.33. The zero-order valence-corrected chi connectivity index (χ0v) is 20.8. The number of carbonyl (C=O) groups is 2. The van der Waals surface area contributed by atoms with Crippen molar-refractivity contribution in [1.82, 2.24) is 15.1 Å². The summed E-state index contributed by atoms with van der Waals surface area (Å²) in [5.74, 6) is 1.63. The highest BCUT2D eigenvalue weighted by molar-refractivity contribution is 7.10. The average Bonchev–Trinajstić information content (AvgIpc) is 3.29. The van der Waals surface area contributed by atoms with Gasteiger partial charge in [-0.15, -0.1) is 11.3 Å². The summed E-state index contributed by atoms with van der Waals surface area (Å²) in [6, 6.07) is 9.17. The van der Waals surface area contributed by atoms with Crippen molar-refractivity contribution in [3.05, 3.63) is 46.2 Å². The van der Waals surface area contributed by atoms with Gasteiger partial charge in [0, 0.05) is 30.6 Å². The van der Waals surface area contributed by atoms with Gasteiger partial charge in [0.05, 0.1) is 13.2 Å². The third kappa shape index (κ3) is 6.63. The van der Waals surface area contributed by atoms with Crippen LogP contribution in [-0.2, 0) is 11.2 Å². The SMILES string of the molecule is CCCNC(=O)N(CC(=O)N1CCc2sccc2[C@@H]1COc1cccc(OC)c1)CC(C)C. The number of benzene rings is 1. The summed E-state index contributed by atoms with van der Waals surface area (Å²) in [4.78, 5) is 30.9. The number of ether oxygens (including phenoxy) is 2. The second-order valence-corrected chi connectivity index (χ2v) is 9.65. The number of carbonyl (C=O) groups excluding carboxylic acids is 2. The molecule has 0 spiro atoms. The maximum atomic E-state index is 13.5. The first-order valence-electron chi connectivity index (χ1n) is 11.6. The molecule has 2 heterocycles. The Labute approximate surface area is 200 Å². The van der Waals surface area contributed by atoms with Crippen LogP contribution in [0.5, 0.6) is 11.5 Å². The summed E-state index contributed by atoms with van der Waals surface area (Å²) in [6.07, 6.45) is 1.67. The van der Waals surface area contributed by atoms with E-state index in [9.17, 15) is 9.59 Å². The van der Waals surface area contributed by atoms with Crippen molar-refractivity contribution < 1.29 is 19.1 Å². The van der Waals surface area contributed by atoms with Gasteiger partial charge >= 0.3 is 6.03 Å². The van der Waals surface area contributed by atoms with Crippen LogP contribution in [0.2, 0.25) is 0 Å². The summed E-state index contributed by atoms with van der Waals surface area (Å²) in [5, 5.41) is 4.98. The van der Waals surface area contributed by atoms with Gasteiger partial charge in [0.15, 0.2) is 0 Å². The number of urea groups is 1. The maximum absolute atomic E-state index is 13.5. The smallest absolute Gasteiger partial charge is 0.317 e. The molecule has 0 aliphatic carbocycles. The van der Waals surface area contributed by atoms with E-state index in [-0.39, 0.29) is 30.4 Å². The molecule has 3 rings (SSSR count). The second kappa shape index (κ2) is 11.9. The Morgan fingerprint density at radius 3 is 2.79 bits per heavy atom. The number of methoxy groups -OCH3 is 1. The number of rotatable bonds is 10. The zero-order chi connectivity index (χ0) is 23.8. The highest BCUT2D eigenvalue weighted by Crippen LogP contribution is 2.34.